The Morgan fingerprint density at radius 1 is 1.15 bits per heavy atom. The second kappa shape index (κ2) is 6.99. The Balaban J connectivity index is 1.56. The van der Waals surface area contributed by atoms with Crippen LogP contribution in [0.15, 0.2) is 52.5 Å². The molecule has 0 unspecified atom stereocenters. The van der Waals surface area contributed by atoms with E-state index in [1.807, 2.05) is 18.2 Å². The van der Waals surface area contributed by atoms with E-state index in [0.717, 1.165) is 33.8 Å². The summed E-state index contributed by atoms with van der Waals surface area (Å²) in [6.45, 7) is 6.97. The summed E-state index contributed by atoms with van der Waals surface area (Å²) in [5.74, 6) is 2.91. The number of pyridine rings is 1. The van der Waals surface area contributed by atoms with Crippen LogP contribution in [0.1, 0.15) is 42.6 Å². The predicted molar refractivity (Wildman–Crippen MR) is 101 cm³/mol. The number of furan rings is 1. The first-order chi connectivity index (χ1) is 12.6. The first-order valence-corrected chi connectivity index (χ1v) is 9.61. The van der Waals surface area contributed by atoms with Crippen molar-refractivity contribution in [3.8, 4) is 0 Å². The smallest absolute Gasteiger partial charge is 0.192 e. The van der Waals surface area contributed by atoms with E-state index in [4.69, 9.17) is 4.42 Å². The summed E-state index contributed by atoms with van der Waals surface area (Å²) in [5, 5.41) is 9.68. The van der Waals surface area contributed by atoms with Crippen LogP contribution in [0.4, 0.5) is 0 Å². The second-order valence-electron chi connectivity index (χ2n) is 6.65. The highest BCUT2D eigenvalue weighted by molar-refractivity contribution is 7.98. The lowest BCUT2D eigenvalue weighted by atomic mass is 10.2. The Labute approximate surface area is 156 Å². The topological polar surface area (TPSA) is 61.2 Å². The van der Waals surface area contributed by atoms with Crippen LogP contribution in [-0.4, -0.2) is 24.1 Å². The van der Waals surface area contributed by atoms with Crippen LogP contribution < -0.4 is 0 Å². The predicted octanol–water partition coefficient (Wildman–Crippen LogP) is 4.29. The lowest BCUT2D eigenvalue weighted by Crippen LogP contribution is -2.07. The molecule has 0 radical (unpaired) electrons. The summed E-state index contributed by atoms with van der Waals surface area (Å²) in [6, 6.07) is 8.00. The van der Waals surface area contributed by atoms with Crippen molar-refractivity contribution in [1.29, 1.82) is 0 Å². The van der Waals surface area contributed by atoms with Gasteiger partial charge in [0, 0.05) is 24.1 Å². The molecule has 26 heavy (non-hydrogen) atoms. The van der Waals surface area contributed by atoms with Gasteiger partial charge in [-0.15, -0.1) is 10.2 Å². The van der Waals surface area contributed by atoms with E-state index in [1.165, 1.54) is 5.56 Å². The molecular formula is C19H21N5OS. The number of hydrogen-bond acceptors (Lipinski definition) is 5. The van der Waals surface area contributed by atoms with Gasteiger partial charge < -0.3 is 8.82 Å². The van der Waals surface area contributed by atoms with E-state index in [1.54, 1.807) is 18.0 Å². The maximum atomic E-state index is 5.51. The van der Waals surface area contributed by atoms with Crippen molar-refractivity contribution in [1.82, 2.24) is 24.1 Å². The first-order valence-electron chi connectivity index (χ1n) is 8.62. The third kappa shape index (κ3) is 3.39. The Morgan fingerprint density at radius 3 is 2.81 bits per heavy atom. The standard InChI is InChI=1S/C19H21N5OS/c1-13(2)18-21-22-19(24(18)11-16-5-4-8-25-16)26-12-15-10-23-9-14(3)6-7-17(23)20-15/h4-10,13H,11-12H2,1-3H3. The Hall–Kier alpha value is -2.54. The Bertz CT molecular complexity index is 1020. The van der Waals surface area contributed by atoms with Crippen LogP contribution in [0.25, 0.3) is 5.65 Å². The highest BCUT2D eigenvalue weighted by Crippen LogP contribution is 2.25. The van der Waals surface area contributed by atoms with E-state index < -0.39 is 0 Å². The summed E-state index contributed by atoms with van der Waals surface area (Å²) < 4.78 is 9.71. The van der Waals surface area contributed by atoms with Crippen molar-refractivity contribution in [2.45, 2.75) is 44.1 Å². The molecule has 4 rings (SSSR count). The number of aryl methyl sites for hydroxylation is 1. The highest BCUT2D eigenvalue weighted by atomic mass is 32.2. The van der Waals surface area contributed by atoms with Crippen molar-refractivity contribution >= 4 is 17.4 Å². The molecule has 134 valence electrons. The molecule has 0 atom stereocenters. The molecule has 4 aromatic heterocycles. The van der Waals surface area contributed by atoms with Crippen molar-refractivity contribution in [2.75, 3.05) is 0 Å². The highest BCUT2D eigenvalue weighted by Gasteiger charge is 2.17. The fourth-order valence-corrected chi connectivity index (χ4v) is 3.73. The summed E-state index contributed by atoms with van der Waals surface area (Å²) in [6.07, 6.45) is 5.86. The Kier molecular flexibility index (Phi) is 4.55. The van der Waals surface area contributed by atoms with E-state index in [0.29, 0.717) is 12.5 Å². The maximum Gasteiger partial charge on any atom is 0.192 e. The molecule has 0 spiro atoms. The van der Waals surface area contributed by atoms with Crippen LogP contribution in [0.3, 0.4) is 0 Å². The maximum absolute atomic E-state index is 5.51. The molecule has 0 fully saturated rings. The van der Waals surface area contributed by atoms with Crippen LogP contribution in [0.2, 0.25) is 0 Å². The molecule has 0 aliphatic heterocycles. The summed E-state index contributed by atoms with van der Waals surface area (Å²) in [7, 11) is 0. The van der Waals surface area contributed by atoms with Crippen LogP contribution in [0.5, 0.6) is 0 Å². The molecule has 0 aliphatic carbocycles. The molecule has 0 N–H and O–H groups in total. The average Bonchev–Trinajstić information content (AvgIpc) is 3.32. The first kappa shape index (κ1) is 16.9. The summed E-state index contributed by atoms with van der Waals surface area (Å²) in [4.78, 5) is 4.68. The minimum atomic E-state index is 0.296. The zero-order valence-corrected chi connectivity index (χ0v) is 15.9. The van der Waals surface area contributed by atoms with Crippen LogP contribution in [0, 0.1) is 6.92 Å². The quantitative estimate of drug-likeness (QED) is 0.476. The average molecular weight is 367 g/mol. The van der Waals surface area contributed by atoms with E-state index in [-0.39, 0.29) is 0 Å². The molecule has 4 heterocycles. The number of rotatable bonds is 6. The number of nitrogens with zero attached hydrogens (tertiary/aromatic N) is 5. The van der Waals surface area contributed by atoms with Gasteiger partial charge in [0.1, 0.15) is 17.2 Å². The largest absolute Gasteiger partial charge is 0.467 e. The van der Waals surface area contributed by atoms with E-state index >= 15 is 0 Å². The summed E-state index contributed by atoms with van der Waals surface area (Å²) in [5.41, 5.74) is 3.21. The van der Waals surface area contributed by atoms with Gasteiger partial charge in [0.05, 0.1) is 18.5 Å². The fraction of sp³-hybridized carbons (Fsp3) is 0.316. The molecule has 6 nitrogen and oxygen atoms in total. The SMILES string of the molecule is Cc1ccc2nc(CSc3nnc(C(C)C)n3Cc3ccco3)cn2c1. The van der Waals surface area contributed by atoms with Gasteiger partial charge in [-0.2, -0.15) is 0 Å². The molecule has 0 bridgehead atoms. The van der Waals surface area contributed by atoms with Crippen molar-refractivity contribution < 1.29 is 4.42 Å². The molecule has 0 amide bonds. The van der Waals surface area contributed by atoms with Crippen molar-refractivity contribution in [2.24, 2.45) is 0 Å². The summed E-state index contributed by atoms with van der Waals surface area (Å²) >= 11 is 1.65. The third-order valence-electron chi connectivity index (χ3n) is 4.15. The van der Waals surface area contributed by atoms with Gasteiger partial charge >= 0.3 is 0 Å². The molecule has 0 aliphatic rings. The molecule has 0 saturated carbocycles. The third-order valence-corrected chi connectivity index (χ3v) is 5.15. The zero-order valence-electron chi connectivity index (χ0n) is 15.1. The van der Waals surface area contributed by atoms with Gasteiger partial charge in [0.25, 0.3) is 0 Å². The van der Waals surface area contributed by atoms with Gasteiger partial charge in [0.15, 0.2) is 5.16 Å². The van der Waals surface area contributed by atoms with Gasteiger partial charge in [-0.25, -0.2) is 4.98 Å². The second-order valence-corrected chi connectivity index (χ2v) is 7.60. The fourth-order valence-electron chi connectivity index (χ4n) is 2.90. The number of imidazole rings is 1. The van der Waals surface area contributed by atoms with E-state index in [2.05, 4.69) is 63.4 Å². The Morgan fingerprint density at radius 2 is 2.04 bits per heavy atom. The van der Waals surface area contributed by atoms with Crippen LogP contribution in [-0.2, 0) is 12.3 Å². The zero-order chi connectivity index (χ0) is 18.1. The normalized spacial score (nSPS) is 11.7. The monoisotopic (exact) mass is 367 g/mol. The van der Waals surface area contributed by atoms with E-state index in [9.17, 15) is 0 Å². The molecule has 0 aromatic carbocycles. The minimum Gasteiger partial charge on any atom is -0.467 e. The lowest BCUT2D eigenvalue weighted by molar-refractivity contribution is 0.475. The van der Waals surface area contributed by atoms with Crippen molar-refractivity contribution in [3.05, 3.63) is 65.8 Å². The molecule has 0 saturated heterocycles. The van der Waals surface area contributed by atoms with Gasteiger partial charge in [-0.1, -0.05) is 31.7 Å². The molecule has 7 heteroatoms. The van der Waals surface area contributed by atoms with Gasteiger partial charge in [-0.05, 0) is 30.7 Å². The number of hydrogen-bond donors (Lipinski definition) is 0. The number of thioether (sulfide) groups is 1. The molecular weight excluding hydrogens is 346 g/mol. The lowest BCUT2D eigenvalue weighted by Gasteiger charge is -2.10. The molecule has 4 aromatic rings. The van der Waals surface area contributed by atoms with Crippen molar-refractivity contribution in [3.63, 3.8) is 0 Å². The van der Waals surface area contributed by atoms with Crippen LogP contribution >= 0.6 is 11.8 Å². The minimum absolute atomic E-state index is 0.296. The van der Waals surface area contributed by atoms with Gasteiger partial charge in [0.2, 0.25) is 0 Å². The number of aromatic nitrogens is 5. The van der Waals surface area contributed by atoms with Gasteiger partial charge in [-0.3, -0.25) is 4.57 Å². The number of fused-ring (bicyclic) bond motifs is 1.